The number of nitrogens with one attached hydrogen (secondary N) is 5. The zero-order chi connectivity index (χ0) is 45.4. The molecule has 0 saturated heterocycles. The van der Waals surface area contributed by atoms with Gasteiger partial charge in [-0.25, -0.2) is 10.1 Å². The Balaban J connectivity index is 1.29. The molecule has 62 heavy (non-hydrogen) atoms. The van der Waals surface area contributed by atoms with Gasteiger partial charge in [-0.1, -0.05) is 5.04 Å². The Bertz CT molecular complexity index is 2830. The molecule has 2 amide bonds. The molecule has 0 aliphatic carbocycles. The molecule has 0 atom stereocenters. The van der Waals surface area contributed by atoms with Crippen LogP contribution in [0.5, 0.6) is 0 Å². The third-order valence-electron chi connectivity index (χ3n) is 7.73. The number of carbonyl (C=O) groups is 1. The maximum absolute atomic E-state index is 14.0. The molecule has 0 fully saturated rings. The van der Waals surface area contributed by atoms with Gasteiger partial charge in [-0.2, -0.15) is 36.2 Å². The van der Waals surface area contributed by atoms with Gasteiger partial charge in [-0.3, -0.25) is 29.3 Å². The molecule has 1 heterocycles. The molecule has 0 saturated carbocycles. The smallest absolute Gasteiger partial charge is 0.316 e. The van der Waals surface area contributed by atoms with Crippen LogP contribution >= 0.6 is 23.6 Å². The van der Waals surface area contributed by atoms with Crippen LogP contribution in [0.15, 0.2) is 79.5 Å². The molecule has 5 rings (SSSR count). The number of benzene rings is 4. The van der Waals surface area contributed by atoms with Crippen LogP contribution in [0, 0.1) is 26.0 Å². The number of nitrogens with two attached hydrogens (primary N) is 1. The molecule has 10 N–H and O–H groups in total. The van der Waals surface area contributed by atoms with E-state index in [9.17, 15) is 55.4 Å². The van der Waals surface area contributed by atoms with Gasteiger partial charge >= 0.3 is 11.7 Å². The van der Waals surface area contributed by atoms with E-state index in [-0.39, 0.29) is 81.8 Å². The topological polar surface area (TPSA) is 400 Å². The SMILES string of the molecule is NC(=O)Nc1cc(Nc2nc(Cl)nc(NCCNCCNc3cc(F)c([N+](=O)[O-])cc3[N+](=O)[O-])n2)ccc1N=Nc1cc2c(S(=O)(=O)O)cc(SOOO)cc2cc1S(=O)(=O)O. The molecule has 0 spiro atoms. The second-order valence-corrected chi connectivity index (χ2v) is 15.8. The molecule has 4 aromatic carbocycles. The zero-order valence-electron chi connectivity index (χ0n) is 30.5. The summed E-state index contributed by atoms with van der Waals surface area (Å²) in [7, 11) is -10.1. The van der Waals surface area contributed by atoms with E-state index in [1.807, 2.05) is 0 Å². The normalized spacial score (nSPS) is 11.8. The third-order valence-corrected chi connectivity index (χ3v) is 10.2. The third kappa shape index (κ3) is 12.3. The Morgan fingerprint density at radius 1 is 0.839 bits per heavy atom. The van der Waals surface area contributed by atoms with Gasteiger partial charge in [-0.05, 0) is 59.5 Å². The number of hydrogen-bond donors (Lipinski definition) is 9. The van der Waals surface area contributed by atoms with Crippen LogP contribution in [-0.4, -0.2) is 88.2 Å². The summed E-state index contributed by atoms with van der Waals surface area (Å²) >= 11 is 6.39. The lowest BCUT2D eigenvalue weighted by molar-refractivity contribution is -0.432. The molecule has 32 heteroatoms. The lowest BCUT2D eigenvalue weighted by atomic mass is 10.1. The standard InChI is InChI=1S/C30H27ClFN13O14S3/c31-27-39-29(36-6-4-34-3-5-35-21-12-18(32)23(44(47)48)13-24(21)45(49)50)41-30(40-27)37-15-1-2-19(20(9-15)38-28(33)46)42-43-22-11-17-14(8-26(22)62(55,56)57)7-16(60-59-58-51)10-25(17)61(52,53)54/h1-2,7-13,34-35,51H,3-6H2,(H3,33,38,46)(H,52,53,54)(H,55,56,57)(H2,36,37,39,40,41). The first kappa shape index (κ1) is 46.5. The van der Waals surface area contributed by atoms with Crippen molar-refractivity contribution in [3.8, 4) is 0 Å². The molecule has 0 bridgehead atoms. The number of aromatic nitrogens is 3. The number of nitro groups is 2. The van der Waals surface area contributed by atoms with Gasteiger partial charge in [0.05, 0.1) is 33.6 Å². The van der Waals surface area contributed by atoms with Crippen molar-refractivity contribution in [2.45, 2.75) is 14.7 Å². The predicted octanol–water partition coefficient (Wildman–Crippen LogP) is 5.32. The molecule has 27 nitrogen and oxygen atoms in total. The average Bonchev–Trinajstić information content (AvgIpc) is 3.17. The Hall–Kier alpha value is -6.55. The van der Waals surface area contributed by atoms with Crippen molar-refractivity contribution in [1.82, 2.24) is 20.3 Å². The Labute approximate surface area is 355 Å². The molecule has 0 radical (unpaired) electrons. The van der Waals surface area contributed by atoms with Crippen molar-refractivity contribution in [2.75, 3.05) is 47.4 Å². The highest BCUT2D eigenvalue weighted by Gasteiger charge is 2.25. The fourth-order valence-electron chi connectivity index (χ4n) is 5.23. The number of halogens is 2. The molecule has 0 unspecified atom stereocenters. The summed E-state index contributed by atoms with van der Waals surface area (Å²) in [5, 5.41) is 55.0. The highest BCUT2D eigenvalue weighted by molar-refractivity contribution is 7.94. The minimum Gasteiger partial charge on any atom is -0.378 e. The number of amides is 2. The average molecular weight is 944 g/mol. The van der Waals surface area contributed by atoms with Crippen molar-refractivity contribution >= 4 is 112 Å². The minimum absolute atomic E-state index is 0.00924. The molecule has 1 aromatic heterocycles. The van der Waals surface area contributed by atoms with Gasteiger partial charge in [0.25, 0.3) is 25.9 Å². The maximum atomic E-state index is 14.0. The van der Waals surface area contributed by atoms with Gasteiger partial charge in [0, 0.05) is 48.2 Å². The molecule has 328 valence electrons. The van der Waals surface area contributed by atoms with Gasteiger partial charge in [-0.15, -0.1) is 14.6 Å². The molecule has 0 aliphatic heterocycles. The number of azo groups is 1. The van der Waals surface area contributed by atoms with E-state index >= 15 is 0 Å². The van der Waals surface area contributed by atoms with E-state index in [0.29, 0.717) is 24.2 Å². The van der Waals surface area contributed by atoms with Crippen molar-refractivity contribution in [3.63, 3.8) is 0 Å². The first-order valence-corrected chi connectivity index (χ1v) is 20.6. The molecule has 5 aromatic rings. The summed E-state index contributed by atoms with van der Waals surface area (Å²) < 4.78 is 87.5. The second kappa shape index (κ2) is 19.9. The number of urea groups is 1. The quantitative estimate of drug-likeness (QED) is 0.00906. The van der Waals surface area contributed by atoms with Crippen LogP contribution in [0.3, 0.4) is 0 Å². The summed E-state index contributed by atoms with van der Waals surface area (Å²) in [6.45, 7) is 0.787. The summed E-state index contributed by atoms with van der Waals surface area (Å²) in [5.74, 6) is -1.33. The van der Waals surface area contributed by atoms with Crippen molar-refractivity contribution < 1.29 is 59.6 Å². The number of anilines is 5. The van der Waals surface area contributed by atoms with E-state index in [4.69, 9.17) is 22.6 Å². The lowest BCUT2D eigenvalue weighted by Crippen LogP contribution is -2.27. The number of hydrogen-bond acceptors (Lipinski definition) is 22. The number of rotatable bonds is 20. The lowest BCUT2D eigenvalue weighted by Gasteiger charge is -2.12. The number of fused-ring (bicyclic) bond motifs is 1. The van der Waals surface area contributed by atoms with Crippen molar-refractivity contribution in [3.05, 3.63) is 85.9 Å². The van der Waals surface area contributed by atoms with E-state index < -0.39 is 68.8 Å². The van der Waals surface area contributed by atoms with E-state index in [2.05, 4.69) is 61.1 Å². The number of nitrogens with zero attached hydrogens (tertiary/aromatic N) is 7. The number of primary amides is 1. The van der Waals surface area contributed by atoms with Crippen LogP contribution in [0.4, 0.5) is 60.9 Å². The first-order chi connectivity index (χ1) is 29.2. The van der Waals surface area contributed by atoms with Gasteiger partial charge in [0.1, 0.15) is 26.9 Å². The van der Waals surface area contributed by atoms with Gasteiger partial charge < -0.3 is 32.3 Å². The van der Waals surface area contributed by atoms with Gasteiger partial charge in [0.15, 0.2) is 0 Å². The predicted molar refractivity (Wildman–Crippen MR) is 216 cm³/mol. The Kier molecular flexibility index (Phi) is 14.9. The number of nitro benzene ring substituents is 2. The second-order valence-electron chi connectivity index (χ2n) is 11.9. The van der Waals surface area contributed by atoms with E-state index in [1.54, 1.807) is 0 Å². The van der Waals surface area contributed by atoms with E-state index in [0.717, 1.165) is 18.2 Å². The van der Waals surface area contributed by atoms with Crippen LogP contribution in [-0.2, 0) is 29.6 Å². The molecule has 0 aliphatic rings. The highest BCUT2D eigenvalue weighted by Crippen LogP contribution is 2.38. The van der Waals surface area contributed by atoms with Gasteiger partial charge in [0.2, 0.25) is 23.0 Å². The van der Waals surface area contributed by atoms with Crippen molar-refractivity contribution in [1.29, 1.82) is 0 Å². The number of carbonyl (C=O) groups excluding carboxylic acids is 1. The Morgan fingerprint density at radius 3 is 2.15 bits per heavy atom. The van der Waals surface area contributed by atoms with Crippen LogP contribution in [0.25, 0.3) is 10.8 Å². The first-order valence-electron chi connectivity index (χ1n) is 16.6. The fraction of sp³-hybridized carbons (Fsp3) is 0.133. The highest BCUT2D eigenvalue weighted by atomic mass is 35.5. The molecular formula is C30H27ClFN13O14S3. The molecular weight excluding hydrogens is 917 g/mol. The zero-order valence-corrected chi connectivity index (χ0v) is 33.8. The maximum Gasteiger partial charge on any atom is 0.316 e. The monoisotopic (exact) mass is 943 g/mol. The summed E-state index contributed by atoms with van der Waals surface area (Å²) in [6.07, 6.45) is 0. The van der Waals surface area contributed by atoms with Crippen LogP contribution in [0.2, 0.25) is 5.28 Å². The van der Waals surface area contributed by atoms with E-state index in [1.165, 1.54) is 24.3 Å². The largest absolute Gasteiger partial charge is 0.378 e. The minimum atomic E-state index is -5.07. The van der Waals surface area contributed by atoms with Crippen LogP contribution in [0.1, 0.15) is 0 Å². The summed E-state index contributed by atoms with van der Waals surface area (Å²) in [4.78, 5) is 42.7. The summed E-state index contributed by atoms with van der Waals surface area (Å²) in [6, 6.07) is 7.90. The fourth-order valence-corrected chi connectivity index (χ4v) is 7.29. The summed E-state index contributed by atoms with van der Waals surface area (Å²) in [5.41, 5.74) is 2.73. The van der Waals surface area contributed by atoms with Crippen LogP contribution < -0.4 is 32.3 Å². The Morgan fingerprint density at radius 2 is 1.50 bits per heavy atom. The van der Waals surface area contributed by atoms with Crippen molar-refractivity contribution in [2.24, 2.45) is 16.0 Å².